The lowest BCUT2D eigenvalue weighted by Gasteiger charge is -2.33. The maximum absolute atomic E-state index is 12.7. The van der Waals surface area contributed by atoms with Crippen molar-refractivity contribution in [2.75, 3.05) is 18.1 Å². The number of thioether (sulfide) groups is 1. The Morgan fingerprint density at radius 2 is 2.30 bits per heavy atom. The minimum atomic E-state index is -3.83. The van der Waals surface area contributed by atoms with Crippen LogP contribution in [0.25, 0.3) is 0 Å². The average molecular weight is 385 g/mol. The Morgan fingerprint density at radius 3 is 2.85 bits per heavy atom. The van der Waals surface area contributed by atoms with Gasteiger partial charge in [0.2, 0.25) is 5.03 Å². The van der Waals surface area contributed by atoms with Gasteiger partial charge in [0.25, 0.3) is 10.0 Å². The summed E-state index contributed by atoms with van der Waals surface area (Å²) in [4.78, 5) is 10.9. The Balaban J connectivity index is 2.38. The van der Waals surface area contributed by atoms with Crippen molar-refractivity contribution < 1.29 is 18.3 Å². The highest BCUT2D eigenvalue weighted by Gasteiger charge is 2.38. The number of hydrogen-bond donors (Lipinski definition) is 1. The van der Waals surface area contributed by atoms with E-state index in [2.05, 4.69) is 26.2 Å². The molecule has 1 aromatic heterocycles. The van der Waals surface area contributed by atoms with Crippen LogP contribution in [0.3, 0.4) is 0 Å². The molecule has 2 rings (SSSR count). The van der Waals surface area contributed by atoms with E-state index in [4.69, 9.17) is 5.11 Å². The summed E-state index contributed by atoms with van der Waals surface area (Å²) in [6.45, 7) is 0.280. The molecule has 20 heavy (non-hydrogen) atoms. The molecular weight excluding hydrogens is 372 g/mol. The molecule has 0 spiro atoms. The number of halogens is 1. The second-order valence-electron chi connectivity index (χ2n) is 4.25. The maximum atomic E-state index is 12.7. The quantitative estimate of drug-likeness (QED) is 0.787. The van der Waals surface area contributed by atoms with Crippen LogP contribution in [0.15, 0.2) is 9.63 Å². The van der Waals surface area contributed by atoms with Crippen LogP contribution in [0, 0.1) is 0 Å². The highest BCUT2D eigenvalue weighted by molar-refractivity contribution is 9.10. The molecule has 112 valence electrons. The zero-order chi connectivity index (χ0) is 14.9. The average Bonchev–Trinajstić information content (AvgIpc) is 2.69. The number of carbonyl (C=O) groups is 1. The van der Waals surface area contributed by atoms with Gasteiger partial charge in [-0.1, -0.05) is 5.21 Å². The number of rotatable bonds is 4. The summed E-state index contributed by atoms with van der Waals surface area (Å²) < 4.78 is 27.9. The first-order chi connectivity index (χ1) is 9.34. The third-order valence-corrected chi connectivity index (χ3v) is 6.81. The van der Waals surface area contributed by atoms with Gasteiger partial charge in [-0.25, -0.2) is 13.1 Å². The molecule has 1 saturated heterocycles. The standard InChI is InChI=1S/C9H13BrN4O4S2/c1-13-9(8(10)11-12-13)20(17,18)14-2-3-19-5-6(14)4-7(15)16/h6H,2-5H2,1H3,(H,15,16). The van der Waals surface area contributed by atoms with Gasteiger partial charge >= 0.3 is 5.97 Å². The number of nitrogens with zero attached hydrogens (tertiary/aromatic N) is 4. The highest BCUT2D eigenvalue weighted by atomic mass is 79.9. The molecule has 0 aliphatic carbocycles. The summed E-state index contributed by atoms with van der Waals surface area (Å²) in [5, 5.41) is 16.2. The third kappa shape index (κ3) is 3.00. The van der Waals surface area contributed by atoms with Gasteiger partial charge < -0.3 is 5.11 Å². The number of aliphatic carboxylic acids is 1. The van der Waals surface area contributed by atoms with Crippen molar-refractivity contribution in [3.8, 4) is 0 Å². The van der Waals surface area contributed by atoms with E-state index in [1.807, 2.05) is 0 Å². The van der Waals surface area contributed by atoms with Crippen LogP contribution in [0.5, 0.6) is 0 Å². The predicted molar refractivity (Wildman–Crippen MR) is 76.0 cm³/mol. The van der Waals surface area contributed by atoms with Crippen molar-refractivity contribution in [1.82, 2.24) is 19.3 Å². The van der Waals surface area contributed by atoms with Crippen LogP contribution in [0.1, 0.15) is 6.42 Å². The molecule has 0 amide bonds. The van der Waals surface area contributed by atoms with Crippen molar-refractivity contribution in [2.45, 2.75) is 17.5 Å². The lowest BCUT2D eigenvalue weighted by atomic mass is 10.2. The molecule has 1 aliphatic rings. The van der Waals surface area contributed by atoms with E-state index in [0.29, 0.717) is 11.5 Å². The number of aryl methyl sites for hydroxylation is 1. The summed E-state index contributed by atoms with van der Waals surface area (Å²) in [5.74, 6) is 0.0899. The fourth-order valence-corrected chi connectivity index (χ4v) is 5.96. The zero-order valence-corrected chi connectivity index (χ0v) is 13.8. The van der Waals surface area contributed by atoms with Crippen molar-refractivity contribution in [2.24, 2.45) is 7.05 Å². The van der Waals surface area contributed by atoms with E-state index in [-0.39, 0.29) is 22.6 Å². The van der Waals surface area contributed by atoms with Gasteiger partial charge in [-0.05, 0) is 15.9 Å². The minimum absolute atomic E-state index is 0.0558. The maximum Gasteiger partial charge on any atom is 0.305 e. The normalized spacial score (nSPS) is 21.0. The number of sulfonamides is 1. The van der Waals surface area contributed by atoms with Gasteiger partial charge in [-0.3, -0.25) is 4.79 Å². The van der Waals surface area contributed by atoms with Crippen molar-refractivity contribution >= 4 is 43.7 Å². The van der Waals surface area contributed by atoms with Crippen LogP contribution < -0.4 is 0 Å². The molecule has 11 heteroatoms. The molecule has 0 aromatic carbocycles. The van der Waals surface area contributed by atoms with E-state index in [9.17, 15) is 13.2 Å². The van der Waals surface area contributed by atoms with E-state index in [0.717, 1.165) is 0 Å². The van der Waals surface area contributed by atoms with Crippen LogP contribution in [-0.2, 0) is 21.9 Å². The monoisotopic (exact) mass is 384 g/mol. The minimum Gasteiger partial charge on any atom is -0.481 e. The lowest BCUT2D eigenvalue weighted by molar-refractivity contribution is -0.137. The number of hydrogen-bond acceptors (Lipinski definition) is 6. The van der Waals surface area contributed by atoms with Gasteiger partial charge in [0.15, 0.2) is 4.60 Å². The molecule has 2 heterocycles. The van der Waals surface area contributed by atoms with E-state index >= 15 is 0 Å². The fourth-order valence-electron chi connectivity index (χ4n) is 2.03. The fraction of sp³-hybridized carbons (Fsp3) is 0.667. The summed E-state index contributed by atoms with van der Waals surface area (Å²) in [5.41, 5.74) is 0. The Morgan fingerprint density at radius 1 is 1.60 bits per heavy atom. The highest BCUT2D eigenvalue weighted by Crippen LogP contribution is 2.28. The van der Waals surface area contributed by atoms with Gasteiger partial charge in [0.1, 0.15) is 0 Å². The van der Waals surface area contributed by atoms with Gasteiger partial charge in [0, 0.05) is 31.1 Å². The van der Waals surface area contributed by atoms with Crippen LogP contribution in [-0.4, -0.2) is 62.9 Å². The molecule has 1 atom stereocenters. The van der Waals surface area contributed by atoms with Crippen molar-refractivity contribution in [3.63, 3.8) is 0 Å². The van der Waals surface area contributed by atoms with Gasteiger partial charge in [-0.15, -0.1) is 5.10 Å². The van der Waals surface area contributed by atoms with E-state index < -0.39 is 22.0 Å². The molecule has 0 bridgehead atoms. The molecule has 8 nitrogen and oxygen atoms in total. The van der Waals surface area contributed by atoms with Crippen molar-refractivity contribution in [3.05, 3.63) is 4.60 Å². The first kappa shape index (κ1) is 15.7. The van der Waals surface area contributed by atoms with Crippen LogP contribution in [0.4, 0.5) is 0 Å². The lowest BCUT2D eigenvalue weighted by Crippen LogP contribution is -2.47. The second-order valence-corrected chi connectivity index (χ2v) is 7.96. The first-order valence-electron chi connectivity index (χ1n) is 5.70. The zero-order valence-electron chi connectivity index (χ0n) is 10.6. The van der Waals surface area contributed by atoms with Crippen LogP contribution >= 0.6 is 27.7 Å². The summed E-state index contributed by atoms with van der Waals surface area (Å²) >= 11 is 4.62. The Labute approximate surface area is 128 Å². The number of carboxylic acids is 1. The summed E-state index contributed by atoms with van der Waals surface area (Å²) in [6, 6.07) is -0.557. The largest absolute Gasteiger partial charge is 0.481 e. The molecule has 0 saturated carbocycles. The Hall–Kier alpha value is -0.650. The Bertz CT molecular complexity index is 598. The number of aromatic nitrogens is 3. The molecule has 1 aliphatic heterocycles. The molecule has 1 fully saturated rings. The molecule has 1 aromatic rings. The number of carboxylic acid groups (broad SMARTS) is 1. The third-order valence-electron chi connectivity index (χ3n) is 2.87. The molecule has 1 unspecified atom stereocenters. The molecule has 0 radical (unpaired) electrons. The van der Waals surface area contributed by atoms with E-state index in [1.54, 1.807) is 11.8 Å². The summed E-state index contributed by atoms with van der Waals surface area (Å²) in [6.07, 6.45) is -0.213. The first-order valence-corrected chi connectivity index (χ1v) is 9.09. The van der Waals surface area contributed by atoms with Gasteiger partial charge in [-0.2, -0.15) is 16.1 Å². The molecular formula is C9H13BrN4O4S2. The SMILES string of the molecule is Cn1nnc(Br)c1S(=O)(=O)N1CCSCC1CC(=O)O. The predicted octanol–water partition coefficient (Wildman–Crippen LogP) is 0.158. The smallest absolute Gasteiger partial charge is 0.305 e. The summed E-state index contributed by atoms with van der Waals surface area (Å²) in [7, 11) is -2.35. The topological polar surface area (TPSA) is 105 Å². The van der Waals surface area contributed by atoms with Crippen LogP contribution in [0.2, 0.25) is 0 Å². The van der Waals surface area contributed by atoms with Gasteiger partial charge in [0.05, 0.1) is 6.42 Å². The second kappa shape index (κ2) is 6.00. The molecule has 1 N–H and O–H groups in total. The van der Waals surface area contributed by atoms with E-state index in [1.165, 1.54) is 16.0 Å². The van der Waals surface area contributed by atoms with Crippen molar-refractivity contribution in [1.29, 1.82) is 0 Å². The Kier molecular flexibility index (Phi) is 4.72.